The molecular formula is C11H17N5. The summed E-state index contributed by atoms with van der Waals surface area (Å²) in [5.41, 5.74) is 0. The molecule has 1 aromatic heterocycles. The average molecular weight is 219 g/mol. The monoisotopic (exact) mass is 219 g/mol. The third-order valence-electron chi connectivity index (χ3n) is 2.19. The number of hydrogen-bond acceptors (Lipinski definition) is 5. The molecule has 0 fully saturated rings. The van der Waals surface area contributed by atoms with Crippen LogP contribution in [0.2, 0.25) is 0 Å². The van der Waals surface area contributed by atoms with E-state index in [1.807, 2.05) is 13.1 Å². The van der Waals surface area contributed by atoms with Gasteiger partial charge in [-0.05, 0) is 6.42 Å². The van der Waals surface area contributed by atoms with Gasteiger partial charge in [-0.1, -0.05) is 13.3 Å². The molecule has 0 aromatic carbocycles. The summed E-state index contributed by atoms with van der Waals surface area (Å²) >= 11 is 0. The molecule has 16 heavy (non-hydrogen) atoms. The number of unbranched alkanes of at least 4 members (excludes halogenated alkanes) is 1. The van der Waals surface area contributed by atoms with Crippen LogP contribution in [0.4, 0.5) is 11.6 Å². The normalized spacial score (nSPS) is 9.56. The molecule has 0 aliphatic rings. The molecular weight excluding hydrogens is 202 g/mol. The van der Waals surface area contributed by atoms with Crippen molar-refractivity contribution < 1.29 is 0 Å². The van der Waals surface area contributed by atoms with Crippen LogP contribution >= 0.6 is 0 Å². The van der Waals surface area contributed by atoms with Gasteiger partial charge >= 0.3 is 0 Å². The van der Waals surface area contributed by atoms with E-state index in [1.54, 1.807) is 4.90 Å². The zero-order chi connectivity index (χ0) is 11.8. The van der Waals surface area contributed by atoms with Crippen LogP contribution in [0.25, 0.3) is 0 Å². The van der Waals surface area contributed by atoms with Crippen LogP contribution in [0.1, 0.15) is 19.8 Å². The van der Waals surface area contributed by atoms with Crippen molar-refractivity contribution in [3.05, 3.63) is 12.4 Å². The SMILES string of the molecule is CCCCNc1cc(N(C)CC#N)ncn1. The van der Waals surface area contributed by atoms with E-state index in [9.17, 15) is 0 Å². The highest BCUT2D eigenvalue weighted by molar-refractivity contribution is 5.48. The quantitative estimate of drug-likeness (QED) is 0.582. The van der Waals surface area contributed by atoms with Gasteiger partial charge in [-0.2, -0.15) is 5.26 Å². The summed E-state index contributed by atoms with van der Waals surface area (Å²) in [6.07, 6.45) is 3.78. The van der Waals surface area contributed by atoms with Gasteiger partial charge in [0.15, 0.2) is 0 Å². The average Bonchev–Trinajstić information content (AvgIpc) is 2.30. The van der Waals surface area contributed by atoms with Gasteiger partial charge in [-0.25, -0.2) is 9.97 Å². The van der Waals surface area contributed by atoms with E-state index in [2.05, 4.69) is 28.3 Å². The Bertz CT molecular complexity index is 358. The highest BCUT2D eigenvalue weighted by Crippen LogP contribution is 2.11. The molecule has 1 rings (SSSR count). The van der Waals surface area contributed by atoms with Crippen LogP contribution in [-0.4, -0.2) is 30.1 Å². The summed E-state index contributed by atoms with van der Waals surface area (Å²) in [6.45, 7) is 3.38. The van der Waals surface area contributed by atoms with Crippen LogP contribution in [0.15, 0.2) is 12.4 Å². The Morgan fingerprint density at radius 2 is 2.31 bits per heavy atom. The van der Waals surface area contributed by atoms with E-state index >= 15 is 0 Å². The van der Waals surface area contributed by atoms with Crippen molar-refractivity contribution >= 4 is 11.6 Å². The molecule has 5 heteroatoms. The summed E-state index contributed by atoms with van der Waals surface area (Å²) in [6, 6.07) is 3.94. The largest absolute Gasteiger partial charge is 0.370 e. The van der Waals surface area contributed by atoms with Crippen molar-refractivity contribution in [3.8, 4) is 6.07 Å². The lowest BCUT2D eigenvalue weighted by atomic mass is 10.3. The van der Waals surface area contributed by atoms with Gasteiger partial charge in [0.1, 0.15) is 24.5 Å². The first-order valence-electron chi connectivity index (χ1n) is 5.42. The summed E-state index contributed by atoms with van der Waals surface area (Å²) in [5.74, 6) is 1.57. The molecule has 0 saturated heterocycles. The molecule has 5 nitrogen and oxygen atoms in total. The molecule has 0 spiro atoms. The molecule has 0 saturated carbocycles. The Morgan fingerprint density at radius 3 is 3.00 bits per heavy atom. The Kier molecular flexibility index (Phi) is 5.06. The third-order valence-corrected chi connectivity index (χ3v) is 2.19. The molecule has 0 atom stereocenters. The van der Waals surface area contributed by atoms with E-state index in [0.717, 1.165) is 31.0 Å². The lowest BCUT2D eigenvalue weighted by Gasteiger charge is -2.14. The Morgan fingerprint density at radius 1 is 1.50 bits per heavy atom. The minimum absolute atomic E-state index is 0.325. The Hall–Kier alpha value is -1.83. The second-order valence-electron chi connectivity index (χ2n) is 3.56. The summed E-state index contributed by atoms with van der Waals surface area (Å²) < 4.78 is 0. The minimum atomic E-state index is 0.325. The first-order valence-corrected chi connectivity index (χ1v) is 5.42. The van der Waals surface area contributed by atoms with Crippen molar-refractivity contribution in [2.45, 2.75) is 19.8 Å². The highest BCUT2D eigenvalue weighted by Gasteiger charge is 2.02. The number of anilines is 2. The van der Waals surface area contributed by atoms with E-state index in [4.69, 9.17) is 5.26 Å². The van der Waals surface area contributed by atoms with Crippen LogP contribution in [0.5, 0.6) is 0 Å². The summed E-state index contributed by atoms with van der Waals surface area (Å²) in [5, 5.41) is 11.8. The highest BCUT2D eigenvalue weighted by atomic mass is 15.2. The zero-order valence-electron chi connectivity index (χ0n) is 9.77. The smallest absolute Gasteiger partial charge is 0.134 e. The Labute approximate surface area is 96.1 Å². The van der Waals surface area contributed by atoms with E-state index in [0.29, 0.717) is 6.54 Å². The molecule has 0 radical (unpaired) electrons. The van der Waals surface area contributed by atoms with Gasteiger partial charge in [-0.15, -0.1) is 0 Å². The molecule has 1 N–H and O–H groups in total. The van der Waals surface area contributed by atoms with Crippen LogP contribution < -0.4 is 10.2 Å². The van der Waals surface area contributed by atoms with Gasteiger partial charge in [-0.3, -0.25) is 0 Å². The molecule has 0 unspecified atom stereocenters. The third kappa shape index (κ3) is 3.73. The number of nitrogens with zero attached hydrogens (tertiary/aromatic N) is 4. The van der Waals surface area contributed by atoms with E-state index in [1.165, 1.54) is 6.33 Å². The van der Waals surface area contributed by atoms with E-state index < -0.39 is 0 Å². The molecule has 1 heterocycles. The molecule has 0 aliphatic heterocycles. The number of hydrogen-bond donors (Lipinski definition) is 1. The van der Waals surface area contributed by atoms with Crippen molar-refractivity contribution in [3.63, 3.8) is 0 Å². The lowest BCUT2D eigenvalue weighted by Crippen LogP contribution is -2.18. The molecule has 86 valence electrons. The van der Waals surface area contributed by atoms with E-state index in [-0.39, 0.29) is 0 Å². The number of nitrogens with one attached hydrogen (secondary N) is 1. The van der Waals surface area contributed by atoms with Crippen LogP contribution in [0.3, 0.4) is 0 Å². The fourth-order valence-electron chi connectivity index (χ4n) is 1.23. The summed E-state index contributed by atoms with van der Waals surface area (Å²) in [7, 11) is 1.83. The first kappa shape index (κ1) is 12.2. The minimum Gasteiger partial charge on any atom is -0.370 e. The fourth-order valence-corrected chi connectivity index (χ4v) is 1.23. The maximum absolute atomic E-state index is 8.59. The predicted molar refractivity (Wildman–Crippen MR) is 64.3 cm³/mol. The van der Waals surface area contributed by atoms with Gasteiger partial charge in [0.2, 0.25) is 0 Å². The number of nitriles is 1. The Balaban J connectivity index is 2.60. The fraction of sp³-hybridized carbons (Fsp3) is 0.545. The van der Waals surface area contributed by atoms with Crippen molar-refractivity contribution in [2.75, 3.05) is 30.4 Å². The number of aromatic nitrogens is 2. The zero-order valence-corrected chi connectivity index (χ0v) is 9.77. The lowest BCUT2D eigenvalue weighted by molar-refractivity contribution is 0.829. The van der Waals surface area contributed by atoms with Crippen LogP contribution in [0, 0.1) is 11.3 Å². The van der Waals surface area contributed by atoms with Crippen LogP contribution in [-0.2, 0) is 0 Å². The second kappa shape index (κ2) is 6.62. The van der Waals surface area contributed by atoms with Gasteiger partial charge in [0.05, 0.1) is 6.07 Å². The standard InChI is InChI=1S/C11H17N5/c1-3-4-6-13-10-8-11(15-9-14-10)16(2)7-5-12/h8-9H,3-4,6-7H2,1-2H3,(H,13,14,15). The maximum atomic E-state index is 8.59. The molecule has 0 bridgehead atoms. The number of rotatable bonds is 6. The molecule has 1 aromatic rings. The van der Waals surface area contributed by atoms with Crippen molar-refractivity contribution in [2.24, 2.45) is 0 Å². The second-order valence-corrected chi connectivity index (χ2v) is 3.56. The van der Waals surface area contributed by atoms with Gasteiger partial charge in [0.25, 0.3) is 0 Å². The molecule has 0 amide bonds. The van der Waals surface area contributed by atoms with Gasteiger partial charge in [0, 0.05) is 19.7 Å². The van der Waals surface area contributed by atoms with Crippen molar-refractivity contribution in [1.29, 1.82) is 5.26 Å². The predicted octanol–water partition coefficient (Wildman–Crippen LogP) is 1.65. The topological polar surface area (TPSA) is 64.8 Å². The summed E-state index contributed by atoms with van der Waals surface area (Å²) in [4.78, 5) is 10.0. The van der Waals surface area contributed by atoms with Crippen molar-refractivity contribution in [1.82, 2.24) is 9.97 Å². The first-order chi connectivity index (χ1) is 7.77. The van der Waals surface area contributed by atoms with Gasteiger partial charge < -0.3 is 10.2 Å². The molecule has 0 aliphatic carbocycles. The maximum Gasteiger partial charge on any atom is 0.134 e.